The summed E-state index contributed by atoms with van der Waals surface area (Å²) < 4.78 is 0.402. The molecule has 0 atom stereocenters. The number of rotatable bonds is 2. The van der Waals surface area contributed by atoms with Gasteiger partial charge in [0.15, 0.2) is 0 Å². The zero-order chi connectivity index (χ0) is 10.9. The van der Waals surface area contributed by atoms with E-state index < -0.39 is 0 Å². The average Bonchev–Trinajstić information content (AvgIpc) is 2.67. The van der Waals surface area contributed by atoms with Crippen molar-refractivity contribution in [3.63, 3.8) is 0 Å². The van der Waals surface area contributed by atoms with Gasteiger partial charge < -0.3 is 0 Å². The second-order valence-electron chi connectivity index (χ2n) is 3.84. The number of H-pyrrole nitrogens is 1. The van der Waals surface area contributed by atoms with E-state index in [1.54, 1.807) is 4.80 Å². The van der Waals surface area contributed by atoms with Crippen LogP contribution in [-0.2, 0) is 5.54 Å². The van der Waals surface area contributed by atoms with E-state index in [9.17, 15) is 0 Å². The van der Waals surface area contributed by atoms with Gasteiger partial charge in [-0.25, -0.2) is 0 Å². The van der Waals surface area contributed by atoms with Crippen LogP contribution in [0.15, 0.2) is 30.3 Å². The molecule has 78 valence electrons. The molecule has 1 aromatic carbocycles. The number of aromatic nitrogens is 4. The van der Waals surface area contributed by atoms with Crippen molar-refractivity contribution < 1.29 is 0 Å². The molecule has 2 aromatic rings. The summed E-state index contributed by atoms with van der Waals surface area (Å²) in [7, 11) is 0. The Hall–Kier alpha value is -1.49. The standard InChI is InChI=1S/C10H12N4S/c1-10(2,8-6-4-3-5-7-8)14-12-9(15)11-13-14/h3-7H,1-2H3,(H,12,15). The first-order chi connectivity index (χ1) is 7.10. The molecule has 4 nitrogen and oxygen atoms in total. The van der Waals surface area contributed by atoms with Crippen molar-refractivity contribution in [1.82, 2.24) is 20.2 Å². The van der Waals surface area contributed by atoms with Crippen molar-refractivity contribution in [3.8, 4) is 0 Å². The Bertz CT molecular complexity index is 497. The molecule has 2 rings (SSSR count). The highest BCUT2D eigenvalue weighted by Gasteiger charge is 2.24. The summed E-state index contributed by atoms with van der Waals surface area (Å²) in [6, 6.07) is 10.1. The van der Waals surface area contributed by atoms with Crippen LogP contribution < -0.4 is 0 Å². The third-order valence-corrected chi connectivity index (χ3v) is 2.61. The molecule has 15 heavy (non-hydrogen) atoms. The van der Waals surface area contributed by atoms with Gasteiger partial charge in [-0.05, 0) is 36.8 Å². The fourth-order valence-electron chi connectivity index (χ4n) is 1.44. The third-order valence-electron chi connectivity index (χ3n) is 2.44. The SMILES string of the molecule is CC(C)(c1ccccc1)n1nnc(=S)[nH]1. The Balaban J connectivity index is 2.48. The molecular formula is C10H12N4S. The van der Waals surface area contributed by atoms with E-state index in [0.29, 0.717) is 4.77 Å². The molecule has 0 saturated carbocycles. The number of nitrogens with one attached hydrogen (secondary N) is 1. The smallest absolute Gasteiger partial charge is 0.235 e. The third kappa shape index (κ3) is 1.83. The van der Waals surface area contributed by atoms with Gasteiger partial charge in [-0.15, -0.1) is 0 Å². The number of hydrogen-bond donors (Lipinski definition) is 1. The van der Waals surface area contributed by atoms with Crippen LogP contribution in [0.5, 0.6) is 0 Å². The van der Waals surface area contributed by atoms with E-state index in [2.05, 4.69) is 41.4 Å². The van der Waals surface area contributed by atoms with Crippen LogP contribution in [0.1, 0.15) is 19.4 Å². The lowest BCUT2D eigenvalue weighted by Crippen LogP contribution is -2.30. The fourth-order valence-corrected chi connectivity index (χ4v) is 1.56. The van der Waals surface area contributed by atoms with Gasteiger partial charge in [-0.1, -0.05) is 35.4 Å². The molecule has 0 amide bonds. The highest BCUT2D eigenvalue weighted by atomic mass is 32.1. The van der Waals surface area contributed by atoms with Crippen molar-refractivity contribution in [2.75, 3.05) is 0 Å². The first-order valence-corrected chi connectivity index (χ1v) is 5.09. The maximum Gasteiger partial charge on any atom is 0.235 e. The number of hydrogen-bond acceptors (Lipinski definition) is 3. The minimum absolute atomic E-state index is 0.273. The van der Waals surface area contributed by atoms with Crippen LogP contribution in [0, 0.1) is 4.77 Å². The summed E-state index contributed by atoms with van der Waals surface area (Å²) in [5, 5.41) is 10.7. The highest BCUT2D eigenvalue weighted by molar-refractivity contribution is 7.71. The Morgan fingerprint density at radius 2 is 1.93 bits per heavy atom. The summed E-state index contributed by atoms with van der Waals surface area (Å²) in [4.78, 5) is 1.67. The second-order valence-corrected chi connectivity index (χ2v) is 4.23. The number of aromatic amines is 1. The number of tetrazole rings is 1. The van der Waals surface area contributed by atoms with Gasteiger partial charge in [-0.2, -0.15) is 4.80 Å². The summed E-state index contributed by atoms with van der Waals surface area (Å²) in [5.74, 6) is 0. The van der Waals surface area contributed by atoms with Gasteiger partial charge in [-0.3, -0.25) is 5.10 Å². The van der Waals surface area contributed by atoms with Crippen molar-refractivity contribution >= 4 is 12.2 Å². The second kappa shape index (κ2) is 3.58. The van der Waals surface area contributed by atoms with E-state index >= 15 is 0 Å². The predicted molar refractivity (Wildman–Crippen MR) is 60.1 cm³/mol. The molecule has 0 bridgehead atoms. The zero-order valence-electron chi connectivity index (χ0n) is 8.64. The van der Waals surface area contributed by atoms with E-state index in [-0.39, 0.29) is 5.54 Å². The first-order valence-electron chi connectivity index (χ1n) is 4.69. The van der Waals surface area contributed by atoms with Crippen molar-refractivity contribution in [2.45, 2.75) is 19.4 Å². The van der Waals surface area contributed by atoms with Gasteiger partial charge in [0.25, 0.3) is 0 Å². The number of benzene rings is 1. The van der Waals surface area contributed by atoms with Crippen molar-refractivity contribution in [3.05, 3.63) is 40.7 Å². The lowest BCUT2D eigenvalue weighted by atomic mass is 9.95. The lowest BCUT2D eigenvalue weighted by molar-refractivity contribution is 0.336. The molecule has 1 heterocycles. The van der Waals surface area contributed by atoms with Gasteiger partial charge in [0.2, 0.25) is 4.77 Å². The van der Waals surface area contributed by atoms with Gasteiger partial charge >= 0.3 is 0 Å². The van der Waals surface area contributed by atoms with Gasteiger partial charge in [0, 0.05) is 0 Å². The monoisotopic (exact) mass is 220 g/mol. The molecular weight excluding hydrogens is 208 g/mol. The minimum Gasteiger partial charge on any atom is -0.253 e. The van der Waals surface area contributed by atoms with Crippen LogP contribution in [-0.4, -0.2) is 20.2 Å². The van der Waals surface area contributed by atoms with E-state index in [1.807, 2.05) is 18.2 Å². The molecule has 0 aliphatic rings. The van der Waals surface area contributed by atoms with Gasteiger partial charge in [0.1, 0.15) is 5.54 Å². The minimum atomic E-state index is -0.273. The van der Waals surface area contributed by atoms with Crippen LogP contribution >= 0.6 is 12.2 Å². The molecule has 0 aliphatic carbocycles. The molecule has 0 radical (unpaired) electrons. The predicted octanol–water partition coefficient (Wildman–Crippen LogP) is 2.12. The summed E-state index contributed by atoms with van der Waals surface area (Å²) >= 11 is 4.90. The maximum atomic E-state index is 4.90. The van der Waals surface area contributed by atoms with Crippen LogP contribution in [0.3, 0.4) is 0 Å². The Kier molecular flexibility index (Phi) is 2.40. The topological polar surface area (TPSA) is 46.5 Å². The van der Waals surface area contributed by atoms with Crippen molar-refractivity contribution in [1.29, 1.82) is 0 Å². The molecule has 0 aliphatic heterocycles. The van der Waals surface area contributed by atoms with E-state index in [1.165, 1.54) is 0 Å². The van der Waals surface area contributed by atoms with Crippen LogP contribution in [0.25, 0.3) is 0 Å². The molecule has 1 N–H and O–H groups in total. The Morgan fingerprint density at radius 1 is 1.27 bits per heavy atom. The van der Waals surface area contributed by atoms with Crippen LogP contribution in [0.2, 0.25) is 0 Å². The fraction of sp³-hybridized carbons (Fsp3) is 0.300. The van der Waals surface area contributed by atoms with Crippen LogP contribution in [0.4, 0.5) is 0 Å². The largest absolute Gasteiger partial charge is 0.253 e. The molecule has 0 fully saturated rings. The molecule has 0 spiro atoms. The molecule has 1 aromatic heterocycles. The van der Waals surface area contributed by atoms with Gasteiger partial charge in [0.05, 0.1) is 0 Å². The Labute approximate surface area is 92.9 Å². The molecule has 0 saturated heterocycles. The summed E-state index contributed by atoms with van der Waals surface area (Å²) in [6.07, 6.45) is 0. The average molecular weight is 220 g/mol. The first kappa shape index (κ1) is 10.0. The van der Waals surface area contributed by atoms with Crippen molar-refractivity contribution in [2.24, 2.45) is 0 Å². The van der Waals surface area contributed by atoms with E-state index in [0.717, 1.165) is 5.56 Å². The lowest BCUT2D eigenvalue weighted by Gasteiger charge is -2.24. The summed E-state index contributed by atoms with van der Waals surface area (Å²) in [5.41, 5.74) is 0.881. The normalized spacial score (nSPS) is 11.6. The maximum absolute atomic E-state index is 4.90. The van der Waals surface area contributed by atoms with E-state index in [4.69, 9.17) is 12.2 Å². The summed E-state index contributed by atoms with van der Waals surface area (Å²) in [6.45, 7) is 4.12. The zero-order valence-corrected chi connectivity index (χ0v) is 9.45. The molecule has 0 unspecified atom stereocenters. The number of nitrogens with zero attached hydrogens (tertiary/aromatic N) is 3. The quantitative estimate of drug-likeness (QED) is 0.788. The Morgan fingerprint density at radius 3 is 2.47 bits per heavy atom. The highest BCUT2D eigenvalue weighted by Crippen LogP contribution is 2.22. The molecule has 5 heteroatoms.